The summed E-state index contributed by atoms with van der Waals surface area (Å²) in [6, 6.07) is 6.03. The Hall–Kier alpha value is -1.99. The smallest absolute Gasteiger partial charge is 0.254 e. The summed E-state index contributed by atoms with van der Waals surface area (Å²) in [7, 11) is 2.06. The number of halogens is 1. The van der Waals surface area contributed by atoms with Crippen LogP contribution >= 0.6 is 0 Å². The van der Waals surface area contributed by atoms with E-state index < -0.39 is 11.7 Å². The number of hydrogen-bond donors (Lipinski definition) is 1. The highest BCUT2D eigenvalue weighted by Gasteiger charge is 2.33. The fourth-order valence-electron chi connectivity index (χ4n) is 3.44. The third-order valence-corrected chi connectivity index (χ3v) is 4.84. The molecule has 0 saturated carbocycles. The van der Waals surface area contributed by atoms with Crippen LogP contribution in [-0.2, 0) is 9.53 Å². The summed E-state index contributed by atoms with van der Waals surface area (Å²) in [6.45, 7) is 3.77. The summed E-state index contributed by atoms with van der Waals surface area (Å²) >= 11 is 0. The minimum Gasteiger partial charge on any atom is -0.379 e. The lowest BCUT2D eigenvalue weighted by molar-refractivity contribution is -0.132. The number of carbonyl (C=O) groups is 2. The topological polar surface area (TPSA) is 61.9 Å². The Kier molecular flexibility index (Phi) is 5.65. The number of rotatable bonds is 4. The fourth-order valence-corrected chi connectivity index (χ4v) is 3.44. The first kappa shape index (κ1) is 17.8. The van der Waals surface area contributed by atoms with Gasteiger partial charge in [-0.3, -0.25) is 14.5 Å². The Morgan fingerprint density at radius 3 is 2.84 bits per heavy atom. The van der Waals surface area contributed by atoms with E-state index in [4.69, 9.17) is 4.74 Å². The predicted octanol–water partition coefficient (Wildman–Crippen LogP) is 0.735. The van der Waals surface area contributed by atoms with Crippen LogP contribution in [0, 0.1) is 11.7 Å². The highest BCUT2D eigenvalue weighted by atomic mass is 19.1. The molecule has 2 bridgehead atoms. The van der Waals surface area contributed by atoms with Gasteiger partial charge in [-0.2, -0.15) is 0 Å². The quantitative estimate of drug-likeness (QED) is 0.871. The molecule has 1 aromatic rings. The van der Waals surface area contributed by atoms with E-state index in [1.54, 1.807) is 6.07 Å². The molecule has 136 valence electrons. The number of nitrogens with zero attached hydrogens (tertiary/aromatic N) is 2. The lowest BCUT2D eigenvalue weighted by Gasteiger charge is -2.29. The maximum Gasteiger partial charge on any atom is 0.254 e. The number of amides is 2. The molecule has 7 heteroatoms. The van der Waals surface area contributed by atoms with Crippen LogP contribution < -0.4 is 5.32 Å². The first-order valence-electron chi connectivity index (χ1n) is 8.63. The van der Waals surface area contributed by atoms with E-state index in [0.29, 0.717) is 32.2 Å². The molecule has 2 aliphatic rings. The molecule has 2 saturated heterocycles. The number of hydrogen-bond acceptors (Lipinski definition) is 4. The molecule has 25 heavy (non-hydrogen) atoms. The van der Waals surface area contributed by atoms with Gasteiger partial charge in [0.25, 0.3) is 5.91 Å². The van der Waals surface area contributed by atoms with Crippen molar-refractivity contribution >= 4 is 11.8 Å². The zero-order valence-electron chi connectivity index (χ0n) is 14.4. The number of ether oxygens (including phenoxy) is 1. The molecule has 3 rings (SSSR count). The van der Waals surface area contributed by atoms with Gasteiger partial charge in [0.1, 0.15) is 5.82 Å². The molecule has 0 radical (unpaired) electrons. The van der Waals surface area contributed by atoms with E-state index in [0.717, 1.165) is 6.54 Å². The Balaban J connectivity index is 1.51. The van der Waals surface area contributed by atoms with Gasteiger partial charge in [-0.15, -0.1) is 0 Å². The maximum absolute atomic E-state index is 13.6. The van der Waals surface area contributed by atoms with Crippen LogP contribution in [0.2, 0.25) is 0 Å². The molecule has 0 aliphatic carbocycles. The molecular weight excluding hydrogens is 325 g/mol. The summed E-state index contributed by atoms with van der Waals surface area (Å²) in [6.07, 6.45) is 0.213. The molecule has 1 aromatic carbocycles. The largest absolute Gasteiger partial charge is 0.379 e. The molecular formula is C18H24FN3O3. The lowest BCUT2D eigenvalue weighted by Crippen LogP contribution is -2.45. The minimum absolute atomic E-state index is 0.00183. The van der Waals surface area contributed by atoms with Crippen LogP contribution in [0.15, 0.2) is 24.3 Å². The second-order valence-electron chi connectivity index (χ2n) is 6.78. The highest BCUT2D eigenvalue weighted by Crippen LogP contribution is 2.18. The van der Waals surface area contributed by atoms with Crippen molar-refractivity contribution in [1.29, 1.82) is 0 Å². The Morgan fingerprint density at radius 2 is 2.04 bits per heavy atom. The molecule has 2 aliphatic heterocycles. The molecule has 6 nitrogen and oxygen atoms in total. The van der Waals surface area contributed by atoms with Crippen LogP contribution in [0.1, 0.15) is 16.8 Å². The van der Waals surface area contributed by atoms with Crippen molar-refractivity contribution in [1.82, 2.24) is 15.1 Å². The summed E-state index contributed by atoms with van der Waals surface area (Å²) in [5.41, 5.74) is -0.00183. The predicted molar refractivity (Wildman–Crippen MR) is 90.7 cm³/mol. The third-order valence-electron chi connectivity index (χ3n) is 4.84. The molecule has 2 amide bonds. The average Bonchev–Trinajstić information content (AvgIpc) is 2.83. The molecule has 1 N–H and O–H groups in total. The van der Waals surface area contributed by atoms with Crippen molar-refractivity contribution in [3.8, 4) is 0 Å². The van der Waals surface area contributed by atoms with Gasteiger partial charge >= 0.3 is 0 Å². The second kappa shape index (κ2) is 7.93. The first-order valence-corrected chi connectivity index (χ1v) is 8.63. The summed E-state index contributed by atoms with van der Waals surface area (Å²) in [4.78, 5) is 28.6. The summed E-state index contributed by atoms with van der Waals surface area (Å²) in [5.74, 6) is -0.725. The van der Waals surface area contributed by atoms with Crippen molar-refractivity contribution in [3.63, 3.8) is 0 Å². The number of benzene rings is 1. The standard InChI is InChI=1S/C18H24FN3O3/c1-21-8-13-9-22(10-14(21)12-25-11-13)17(23)6-7-20-18(24)15-4-2-3-5-16(15)19/h2-5,13-14H,6-12H2,1H3,(H,20,24)/t13-,14+/m1/s1. The number of likely N-dealkylation sites (N-methyl/N-ethyl adjacent to an activating group) is 1. The minimum atomic E-state index is -0.560. The molecule has 0 spiro atoms. The Morgan fingerprint density at radius 1 is 1.24 bits per heavy atom. The van der Waals surface area contributed by atoms with Gasteiger partial charge in [-0.1, -0.05) is 12.1 Å². The van der Waals surface area contributed by atoms with Gasteiger partial charge in [-0.05, 0) is 19.2 Å². The van der Waals surface area contributed by atoms with Crippen LogP contribution in [0.3, 0.4) is 0 Å². The molecule has 0 aromatic heterocycles. The van der Waals surface area contributed by atoms with Crippen molar-refractivity contribution in [2.45, 2.75) is 12.5 Å². The summed E-state index contributed by atoms with van der Waals surface area (Å²) < 4.78 is 19.2. The van der Waals surface area contributed by atoms with Gasteiger partial charge in [0.05, 0.1) is 24.8 Å². The number of nitrogens with one attached hydrogen (secondary N) is 1. The monoisotopic (exact) mass is 349 g/mol. The average molecular weight is 349 g/mol. The van der Waals surface area contributed by atoms with Crippen LogP contribution in [0.5, 0.6) is 0 Å². The van der Waals surface area contributed by atoms with Gasteiger partial charge in [0.15, 0.2) is 0 Å². The maximum atomic E-state index is 13.6. The van der Waals surface area contributed by atoms with Gasteiger partial charge in [0.2, 0.25) is 5.91 Å². The first-order chi connectivity index (χ1) is 12.0. The normalized spacial score (nSPS) is 23.8. The van der Waals surface area contributed by atoms with Crippen molar-refractivity contribution in [2.24, 2.45) is 5.92 Å². The lowest BCUT2D eigenvalue weighted by atomic mass is 10.1. The van der Waals surface area contributed by atoms with Crippen molar-refractivity contribution in [3.05, 3.63) is 35.6 Å². The van der Waals surface area contributed by atoms with E-state index in [1.807, 2.05) is 4.90 Å². The molecule has 2 atom stereocenters. The van der Waals surface area contributed by atoms with Crippen LogP contribution in [0.25, 0.3) is 0 Å². The summed E-state index contributed by atoms with van der Waals surface area (Å²) in [5, 5.41) is 2.62. The third kappa shape index (κ3) is 4.35. The zero-order chi connectivity index (χ0) is 17.8. The molecule has 0 unspecified atom stereocenters. The Labute approximate surface area is 146 Å². The number of carbonyl (C=O) groups excluding carboxylic acids is 2. The van der Waals surface area contributed by atoms with Crippen molar-refractivity contribution < 1.29 is 18.7 Å². The van der Waals surface area contributed by atoms with E-state index in [2.05, 4.69) is 17.3 Å². The molecule has 2 fully saturated rings. The Bertz CT molecular complexity index is 640. The zero-order valence-corrected chi connectivity index (χ0v) is 14.4. The van der Waals surface area contributed by atoms with E-state index in [9.17, 15) is 14.0 Å². The van der Waals surface area contributed by atoms with Crippen molar-refractivity contribution in [2.75, 3.05) is 46.4 Å². The fraction of sp³-hybridized carbons (Fsp3) is 0.556. The second-order valence-corrected chi connectivity index (χ2v) is 6.78. The van der Waals surface area contributed by atoms with E-state index >= 15 is 0 Å². The van der Waals surface area contributed by atoms with E-state index in [1.165, 1.54) is 18.2 Å². The van der Waals surface area contributed by atoms with Gasteiger partial charge < -0.3 is 15.0 Å². The SMILES string of the molecule is CN1C[C@H]2COC[C@@H]1CN(C(=O)CCNC(=O)c1ccccc1F)C2. The van der Waals surface area contributed by atoms with Gasteiger partial charge in [0, 0.05) is 38.5 Å². The highest BCUT2D eigenvalue weighted by molar-refractivity contribution is 5.94. The van der Waals surface area contributed by atoms with E-state index in [-0.39, 0.29) is 30.5 Å². The number of fused-ring (bicyclic) bond motifs is 3. The van der Waals surface area contributed by atoms with Gasteiger partial charge in [-0.25, -0.2) is 4.39 Å². The molecule has 2 heterocycles. The van der Waals surface area contributed by atoms with Crippen LogP contribution in [0.4, 0.5) is 4.39 Å². The van der Waals surface area contributed by atoms with Crippen LogP contribution in [-0.4, -0.2) is 74.1 Å².